The minimum Gasteiger partial charge on any atom is -0.302 e. The van der Waals surface area contributed by atoms with Crippen molar-refractivity contribution in [3.05, 3.63) is 6.92 Å². The Morgan fingerprint density at radius 2 is 2.57 bits per heavy atom. The van der Waals surface area contributed by atoms with Crippen LogP contribution in [0.25, 0.3) is 0 Å². The molecule has 2 atom stereocenters. The first kappa shape index (κ1) is 5.45. The molecule has 0 amide bonds. The Labute approximate surface area is 48.9 Å². The van der Waals surface area contributed by atoms with E-state index in [4.69, 9.17) is 0 Å². The summed E-state index contributed by atoms with van der Waals surface area (Å²) in [5.41, 5.74) is 0. The van der Waals surface area contributed by atoms with Crippen LogP contribution in [-0.4, -0.2) is 17.2 Å². The van der Waals surface area contributed by atoms with E-state index in [-0.39, 0.29) is 0 Å². The van der Waals surface area contributed by atoms with Gasteiger partial charge in [0.1, 0.15) is 0 Å². The molecule has 0 aromatic heterocycles. The van der Waals surface area contributed by atoms with E-state index in [1.165, 1.54) is 5.75 Å². The van der Waals surface area contributed by atoms with Crippen LogP contribution in [0.2, 0.25) is 0 Å². The standard InChI is InChI=1S/C5H10NS/c1-4-3-7-5(2)6-4/h4-6H,1,3H2,2H3. The van der Waals surface area contributed by atoms with E-state index >= 15 is 0 Å². The van der Waals surface area contributed by atoms with Crippen LogP contribution in [0.15, 0.2) is 0 Å². The van der Waals surface area contributed by atoms with Gasteiger partial charge < -0.3 is 5.32 Å². The van der Waals surface area contributed by atoms with Crippen molar-refractivity contribution in [2.75, 3.05) is 5.75 Å². The zero-order chi connectivity index (χ0) is 5.28. The smallest absolute Gasteiger partial charge is 0.0506 e. The van der Waals surface area contributed by atoms with Gasteiger partial charge in [0.05, 0.1) is 5.37 Å². The molecule has 0 aromatic rings. The van der Waals surface area contributed by atoms with Crippen molar-refractivity contribution in [2.24, 2.45) is 0 Å². The lowest BCUT2D eigenvalue weighted by Gasteiger charge is -2.00. The van der Waals surface area contributed by atoms with Gasteiger partial charge in [-0.3, -0.25) is 0 Å². The fourth-order valence-corrected chi connectivity index (χ4v) is 1.59. The second kappa shape index (κ2) is 2.05. The predicted molar refractivity (Wildman–Crippen MR) is 34.2 cm³/mol. The van der Waals surface area contributed by atoms with Gasteiger partial charge in [-0.25, -0.2) is 0 Å². The quantitative estimate of drug-likeness (QED) is 0.504. The van der Waals surface area contributed by atoms with Crippen molar-refractivity contribution in [1.82, 2.24) is 5.32 Å². The average Bonchev–Trinajstić information content (AvgIpc) is 1.87. The highest BCUT2D eigenvalue weighted by molar-refractivity contribution is 8.00. The highest BCUT2D eigenvalue weighted by atomic mass is 32.2. The van der Waals surface area contributed by atoms with Gasteiger partial charge in [-0.05, 0) is 13.8 Å². The van der Waals surface area contributed by atoms with Crippen LogP contribution < -0.4 is 5.32 Å². The molecule has 0 saturated carbocycles. The lowest BCUT2D eigenvalue weighted by Crippen LogP contribution is -2.24. The molecule has 1 radical (unpaired) electrons. The first-order valence-corrected chi connectivity index (χ1v) is 3.54. The SMILES string of the molecule is [CH2]C1CSC(C)N1. The van der Waals surface area contributed by atoms with Gasteiger partial charge in [-0.15, -0.1) is 11.8 Å². The summed E-state index contributed by atoms with van der Waals surface area (Å²) in [5, 5.41) is 3.90. The van der Waals surface area contributed by atoms with Crippen LogP contribution >= 0.6 is 11.8 Å². The molecule has 0 aliphatic carbocycles. The van der Waals surface area contributed by atoms with Crippen molar-refractivity contribution in [3.8, 4) is 0 Å². The van der Waals surface area contributed by atoms with E-state index in [1.54, 1.807) is 0 Å². The Kier molecular flexibility index (Phi) is 1.60. The fraction of sp³-hybridized carbons (Fsp3) is 0.800. The lowest BCUT2D eigenvalue weighted by molar-refractivity contribution is 0.668. The third kappa shape index (κ3) is 1.35. The molecule has 1 aliphatic heterocycles. The van der Waals surface area contributed by atoms with E-state index < -0.39 is 0 Å². The monoisotopic (exact) mass is 116 g/mol. The Morgan fingerprint density at radius 3 is 2.71 bits per heavy atom. The normalized spacial score (nSPS) is 42.0. The zero-order valence-electron chi connectivity index (χ0n) is 4.48. The predicted octanol–water partition coefficient (Wildman–Crippen LogP) is 0.871. The second-order valence-electron chi connectivity index (χ2n) is 1.84. The van der Waals surface area contributed by atoms with Crippen molar-refractivity contribution >= 4 is 11.8 Å². The molecule has 1 nitrogen and oxygen atoms in total. The minimum absolute atomic E-state index is 0.486. The summed E-state index contributed by atoms with van der Waals surface area (Å²) in [4.78, 5) is 0. The molecule has 1 saturated heterocycles. The van der Waals surface area contributed by atoms with Crippen molar-refractivity contribution < 1.29 is 0 Å². The molecule has 2 heteroatoms. The molecule has 1 aliphatic rings. The Balaban J connectivity index is 2.26. The Hall–Kier alpha value is 0.310. The van der Waals surface area contributed by atoms with Crippen LogP contribution in [0.4, 0.5) is 0 Å². The molecule has 7 heavy (non-hydrogen) atoms. The van der Waals surface area contributed by atoms with Gasteiger partial charge in [0.25, 0.3) is 0 Å². The number of nitrogens with one attached hydrogen (secondary N) is 1. The lowest BCUT2D eigenvalue weighted by atomic mass is 10.4. The van der Waals surface area contributed by atoms with Crippen molar-refractivity contribution in [3.63, 3.8) is 0 Å². The minimum atomic E-state index is 0.486. The summed E-state index contributed by atoms with van der Waals surface area (Å²) in [5.74, 6) is 1.17. The van der Waals surface area contributed by atoms with Crippen molar-refractivity contribution in [1.29, 1.82) is 0 Å². The number of thioether (sulfide) groups is 1. The zero-order valence-corrected chi connectivity index (χ0v) is 5.29. The van der Waals surface area contributed by atoms with E-state index in [0.29, 0.717) is 11.4 Å². The molecule has 1 fully saturated rings. The van der Waals surface area contributed by atoms with Crippen molar-refractivity contribution in [2.45, 2.75) is 18.3 Å². The maximum Gasteiger partial charge on any atom is 0.0506 e. The van der Waals surface area contributed by atoms with Gasteiger partial charge in [0, 0.05) is 11.8 Å². The van der Waals surface area contributed by atoms with Gasteiger partial charge in [0.2, 0.25) is 0 Å². The molecular weight excluding hydrogens is 106 g/mol. The summed E-state index contributed by atoms with van der Waals surface area (Å²) in [7, 11) is 0. The van der Waals surface area contributed by atoms with Gasteiger partial charge in [-0.1, -0.05) is 0 Å². The molecule has 1 N–H and O–H groups in total. The van der Waals surface area contributed by atoms with Crippen LogP contribution in [-0.2, 0) is 0 Å². The summed E-state index contributed by atoms with van der Waals surface area (Å²) in [6, 6.07) is 0.486. The summed E-state index contributed by atoms with van der Waals surface area (Å²) in [6.07, 6.45) is 0. The first-order valence-electron chi connectivity index (χ1n) is 2.50. The Morgan fingerprint density at radius 1 is 1.86 bits per heavy atom. The third-order valence-electron chi connectivity index (χ3n) is 1.02. The van der Waals surface area contributed by atoms with Crippen LogP contribution in [0, 0.1) is 6.92 Å². The Bertz CT molecular complexity index is 57.1. The number of hydrogen-bond donors (Lipinski definition) is 1. The summed E-state index contributed by atoms with van der Waals surface area (Å²) >= 11 is 1.93. The van der Waals surface area contributed by atoms with Crippen LogP contribution in [0.3, 0.4) is 0 Å². The molecule has 1 rings (SSSR count). The van der Waals surface area contributed by atoms with Gasteiger partial charge >= 0.3 is 0 Å². The summed E-state index contributed by atoms with van der Waals surface area (Å²) in [6.45, 7) is 6.02. The number of hydrogen-bond acceptors (Lipinski definition) is 2. The van der Waals surface area contributed by atoms with Gasteiger partial charge in [-0.2, -0.15) is 0 Å². The van der Waals surface area contributed by atoms with Crippen LogP contribution in [0.1, 0.15) is 6.92 Å². The fourth-order valence-electron chi connectivity index (χ4n) is 0.689. The maximum absolute atomic E-state index is 3.86. The molecule has 2 unspecified atom stereocenters. The molecule has 0 bridgehead atoms. The van der Waals surface area contributed by atoms with Crippen LogP contribution in [0.5, 0.6) is 0 Å². The average molecular weight is 116 g/mol. The number of rotatable bonds is 0. The molecule has 0 aromatic carbocycles. The highest BCUT2D eigenvalue weighted by Crippen LogP contribution is 2.16. The summed E-state index contributed by atoms with van der Waals surface area (Å²) < 4.78 is 0. The third-order valence-corrected chi connectivity index (χ3v) is 2.25. The molecule has 1 heterocycles. The highest BCUT2D eigenvalue weighted by Gasteiger charge is 2.14. The topological polar surface area (TPSA) is 12.0 Å². The molecular formula is C5H10NS. The molecule has 0 spiro atoms. The van der Waals surface area contributed by atoms with E-state index in [1.807, 2.05) is 11.8 Å². The largest absolute Gasteiger partial charge is 0.302 e. The molecule has 41 valence electrons. The van der Waals surface area contributed by atoms with E-state index in [9.17, 15) is 0 Å². The second-order valence-corrected chi connectivity index (χ2v) is 3.21. The first-order chi connectivity index (χ1) is 3.29. The van der Waals surface area contributed by atoms with E-state index in [0.717, 1.165) is 0 Å². The van der Waals surface area contributed by atoms with E-state index in [2.05, 4.69) is 19.2 Å². The maximum atomic E-state index is 3.86. The van der Waals surface area contributed by atoms with Gasteiger partial charge in [0.15, 0.2) is 0 Å².